The van der Waals surface area contributed by atoms with E-state index < -0.39 is 11.9 Å². The van der Waals surface area contributed by atoms with Crippen molar-refractivity contribution in [3.05, 3.63) is 78.3 Å². The average Bonchev–Trinajstić information content (AvgIpc) is 3.44. The number of nitrogens with zero attached hydrogens (tertiary/aromatic N) is 1. The highest BCUT2D eigenvalue weighted by molar-refractivity contribution is 6.08. The highest BCUT2D eigenvalue weighted by atomic mass is 16.5. The van der Waals surface area contributed by atoms with Crippen molar-refractivity contribution in [1.82, 2.24) is 5.32 Å². The van der Waals surface area contributed by atoms with Crippen molar-refractivity contribution in [2.24, 2.45) is 0 Å². The third-order valence-electron chi connectivity index (χ3n) is 6.38. The Kier molecular flexibility index (Phi) is 8.61. The molecule has 8 nitrogen and oxygen atoms in total. The van der Waals surface area contributed by atoms with Gasteiger partial charge in [-0.15, -0.1) is 0 Å². The van der Waals surface area contributed by atoms with Crippen molar-refractivity contribution in [2.75, 3.05) is 16.8 Å². The van der Waals surface area contributed by atoms with Crippen LogP contribution in [0.4, 0.5) is 11.4 Å². The average molecular weight is 504 g/mol. The molecule has 2 N–H and O–H groups in total. The third-order valence-corrected chi connectivity index (χ3v) is 6.38. The SMILES string of the molecule is CCOc1ccc(C(C(=O)NC2CCCCC2)N(C(=O)c2ccco2)c2ccc(NC(C)=O)cc2)cc1. The third kappa shape index (κ3) is 6.58. The van der Waals surface area contributed by atoms with Crippen LogP contribution >= 0.6 is 0 Å². The lowest BCUT2D eigenvalue weighted by atomic mass is 9.94. The number of hydrogen-bond donors (Lipinski definition) is 2. The van der Waals surface area contributed by atoms with Crippen molar-refractivity contribution >= 4 is 29.1 Å². The molecule has 0 saturated heterocycles. The van der Waals surface area contributed by atoms with Gasteiger partial charge in [0, 0.05) is 24.3 Å². The summed E-state index contributed by atoms with van der Waals surface area (Å²) in [5, 5.41) is 5.92. The highest BCUT2D eigenvalue weighted by Crippen LogP contribution is 2.32. The van der Waals surface area contributed by atoms with E-state index in [0.717, 1.165) is 25.7 Å². The predicted molar refractivity (Wildman–Crippen MR) is 142 cm³/mol. The van der Waals surface area contributed by atoms with Crippen molar-refractivity contribution in [3.8, 4) is 5.75 Å². The number of amides is 3. The predicted octanol–water partition coefficient (Wildman–Crippen LogP) is 5.47. The Bertz CT molecular complexity index is 1180. The van der Waals surface area contributed by atoms with Gasteiger partial charge in [0.2, 0.25) is 11.8 Å². The van der Waals surface area contributed by atoms with Gasteiger partial charge in [0.1, 0.15) is 11.8 Å². The van der Waals surface area contributed by atoms with Crippen LogP contribution in [0.5, 0.6) is 5.75 Å². The lowest BCUT2D eigenvalue weighted by Gasteiger charge is -2.33. The van der Waals surface area contributed by atoms with Crippen LogP contribution in [-0.4, -0.2) is 30.4 Å². The first kappa shape index (κ1) is 26.0. The van der Waals surface area contributed by atoms with E-state index in [2.05, 4.69) is 10.6 Å². The summed E-state index contributed by atoms with van der Waals surface area (Å²) in [7, 11) is 0. The number of carbonyl (C=O) groups is 3. The van der Waals surface area contributed by atoms with Crippen molar-refractivity contribution in [2.45, 2.75) is 58.0 Å². The molecule has 0 aliphatic heterocycles. The number of carbonyl (C=O) groups excluding carboxylic acids is 3. The van der Waals surface area contributed by atoms with Gasteiger partial charge in [-0.25, -0.2) is 0 Å². The van der Waals surface area contributed by atoms with Gasteiger partial charge in [0.15, 0.2) is 5.76 Å². The van der Waals surface area contributed by atoms with E-state index in [4.69, 9.17) is 9.15 Å². The van der Waals surface area contributed by atoms with Gasteiger partial charge in [0.05, 0.1) is 12.9 Å². The molecule has 37 heavy (non-hydrogen) atoms. The molecule has 1 aromatic heterocycles. The molecule has 8 heteroatoms. The van der Waals surface area contributed by atoms with E-state index >= 15 is 0 Å². The molecule has 1 aliphatic rings. The molecule has 0 spiro atoms. The topological polar surface area (TPSA) is 101 Å². The second kappa shape index (κ2) is 12.3. The van der Waals surface area contributed by atoms with Gasteiger partial charge < -0.3 is 19.8 Å². The number of furan rings is 1. The fourth-order valence-corrected chi connectivity index (χ4v) is 4.67. The maximum absolute atomic E-state index is 13.9. The fourth-order valence-electron chi connectivity index (χ4n) is 4.67. The molecular formula is C29H33N3O5. The second-order valence-electron chi connectivity index (χ2n) is 9.13. The maximum Gasteiger partial charge on any atom is 0.294 e. The minimum atomic E-state index is -0.957. The Morgan fingerprint density at radius 1 is 1.00 bits per heavy atom. The lowest BCUT2D eigenvalue weighted by molar-refractivity contribution is -0.123. The first-order valence-corrected chi connectivity index (χ1v) is 12.7. The zero-order chi connectivity index (χ0) is 26.2. The second-order valence-corrected chi connectivity index (χ2v) is 9.13. The van der Waals surface area contributed by atoms with E-state index in [1.807, 2.05) is 19.1 Å². The van der Waals surface area contributed by atoms with Crippen LogP contribution in [0, 0.1) is 0 Å². The Balaban J connectivity index is 1.76. The highest BCUT2D eigenvalue weighted by Gasteiger charge is 2.35. The molecular weight excluding hydrogens is 470 g/mol. The Hall–Kier alpha value is -4.07. The Morgan fingerprint density at radius 2 is 1.70 bits per heavy atom. The zero-order valence-corrected chi connectivity index (χ0v) is 21.2. The van der Waals surface area contributed by atoms with E-state index in [1.165, 1.54) is 24.5 Å². The molecule has 0 bridgehead atoms. The normalized spacial score (nSPS) is 14.4. The monoisotopic (exact) mass is 503 g/mol. The van der Waals surface area contributed by atoms with Crippen molar-refractivity contribution in [1.29, 1.82) is 0 Å². The minimum Gasteiger partial charge on any atom is -0.494 e. The number of hydrogen-bond acceptors (Lipinski definition) is 5. The smallest absolute Gasteiger partial charge is 0.294 e. The van der Waals surface area contributed by atoms with Gasteiger partial charge in [-0.05, 0) is 73.9 Å². The molecule has 1 heterocycles. The molecule has 1 unspecified atom stereocenters. The largest absolute Gasteiger partial charge is 0.494 e. The molecule has 1 saturated carbocycles. The van der Waals surface area contributed by atoms with Crippen molar-refractivity contribution in [3.63, 3.8) is 0 Å². The summed E-state index contributed by atoms with van der Waals surface area (Å²) in [5.74, 6) is -0.110. The van der Waals surface area contributed by atoms with Crippen LogP contribution in [0.1, 0.15) is 68.1 Å². The van der Waals surface area contributed by atoms with Crippen molar-refractivity contribution < 1.29 is 23.5 Å². The van der Waals surface area contributed by atoms with Gasteiger partial charge in [-0.3, -0.25) is 19.3 Å². The minimum absolute atomic E-state index is 0.0640. The Morgan fingerprint density at radius 3 is 2.30 bits per heavy atom. The van der Waals surface area contributed by atoms with Crippen LogP contribution in [-0.2, 0) is 9.59 Å². The number of benzene rings is 2. The maximum atomic E-state index is 13.9. The van der Waals surface area contributed by atoms with E-state index in [0.29, 0.717) is 29.3 Å². The standard InChI is InChI=1S/C29H33N3O5/c1-3-36-25-17-11-21(12-18-25)27(28(34)31-22-8-5-4-6-9-22)32(29(35)26-10-7-19-37-26)24-15-13-23(14-16-24)30-20(2)33/h7,10-19,22,27H,3-6,8-9H2,1-2H3,(H,30,33)(H,31,34). The van der Waals surface area contributed by atoms with Crippen LogP contribution in [0.3, 0.4) is 0 Å². The van der Waals surface area contributed by atoms with Crippen LogP contribution < -0.4 is 20.3 Å². The molecule has 1 fully saturated rings. The van der Waals surface area contributed by atoms with Crippen LogP contribution in [0.2, 0.25) is 0 Å². The summed E-state index contributed by atoms with van der Waals surface area (Å²) in [6.07, 6.45) is 6.56. The van der Waals surface area contributed by atoms with Crippen LogP contribution in [0.25, 0.3) is 0 Å². The van der Waals surface area contributed by atoms with E-state index in [9.17, 15) is 14.4 Å². The molecule has 0 radical (unpaired) electrons. The summed E-state index contributed by atoms with van der Waals surface area (Å²) in [4.78, 5) is 40.6. The summed E-state index contributed by atoms with van der Waals surface area (Å²) in [6.45, 7) is 3.86. The summed E-state index contributed by atoms with van der Waals surface area (Å²) in [5.41, 5.74) is 1.72. The molecule has 1 aliphatic carbocycles. The number of anilines is 2. The summed E-state index contributed by atoms with van der Waals surface area (Å²) >= 11 is 0. The zero-order valence-electron chi connectivity index (χ0n) is 21.2. The van der Waals surface area contributed by atoms with Gasteiger partial charge in [-0.2, -0.15) is 0 Å². The number of rotatable bonds is 9. The molecule has 1 atom stereocenters. The first-order chi connectivity index (χ1) is 18.0. The van der Waals surface area contributed by atoms with Gasteiger partial charge in [0.25, 0.3) is 5.91 Å². The lowest BCUT2D eigenvalue weighted by Crippen LogP contribution is -2.47. The van der Waals surface area contributed by atoms with Crippen LogP contribution in [0.15, 0.2) is 71.3 Å². The number of nitrogens with one attached hydrogen (secondary N) is 2. The summed E-state index contributed by atoms with van der Waals surface area (Å²) in [6, 6.07) is 16.4. The van der Waals surface area contributed by atoms with Gasteiger partial charge in [-0.1, -0.05) is 31.4 Å². The first-order valence-electron chi connectivity index (χ1n) is 12.7. The fraction of sp³-hybridized carbons (Fsp3) is 0.345. The Labute approximate surface area is 217 Å². The summed E-state index contributed by atoms with van der Waals surface area (Å²) < 4.78 is 11.0. The molecule has 3 aromatic rings. The van der Waals surface area contributed by atoms with Gasteiger partial charge >= 0.3 is 0 Å². The quantitative estimate of drug-likeness (QED) is 0.403. The molecule has 4 rings (SSSR count). The van der Waals surface area contributed by atoms with E-state index in [1.54, 1.807) is 48.5 Å². The van der Waals surface area contributed by atoms with E-state index in [-0.39, 0.29) is 23.6 Å². The number of ether oxygens (including phenoxy) is 1. The molecule has 3 amide bonds. The molecule has 2 aromatic carbocycles. The molecule has 194 valence electrons.